The molecule has 3 aliphatic rings. The van der Waals surface area contributed by atoms with Gasteiger partial charge in [-0.1, -0.05) is 64.7 Å². The van der Waals surface area contributed by atoms with E-state index < -0.39 is 17.9 Å². The van der Waals surface area contributed by atoms with Gasteiger partial charge in [0.05, 0.1) is 6.61 Å². The van der Waals surface area contributed by atoms with E-state index in [0.29, 0.717) is 6.61 Å². The second-order valence-corrected chi connectivity index (χ2v) is 9.96. The van der Waals surface area contributed by atoms with Gasteiger partial charge < -0.3 is 28.4 Å². The SMILES string of the molecule is CCCCCCCCCCCCOC[C@@H]1O[C@@H]2OC(C)(C)O[C@@H]2[C@@H]2OC(C)(C)O[C@@H]21. The molecule has 0 bridgehead atoms. The predicted molar refractivity (Wildman–Crippen MR) is 115 cm³/mol. The Kier molecular flexibility index (Phi) is 9.00. The first kappa shape index (κ1) is 24.4. The highest BCUT2D eigenvalue weighted by atomic mass is 16.9. The molecular formula is C24H44O6. The van der Waals surface area contributed by atoms with Crippen molar-refractivity contribution < 1.29 is 28.4 Å². The van der Waals surface area contributed by atoms with Gasteiger partial charge in [0.25, 0.3) is 0 Å². The lowest BCUT2D eigenvalue weighted by molar-refractivity contribution is -0.243. The standard InChI is InChI=1S/C24H44O6/c1-6-7-8-9-10-11-12-13-14-15-16-25-17-18-19-20(28-23(2,3)27-19)21-22(26-18)30-24(4,5)29-21/h18-22H,6-17H2,1-5H3/t18-,19+,20+,21+,22+/m0/s1. The fraction of sp³-hybridized carbons (Fsp3) is 1.00. The summed E-state index contributed by atoms with van der Waals surface area (Å²) < 4.78 is 36.4. The van der Waals surface area contributed by atoms with Crippen LogP contribution >= 0.6 is 0 Å². The topological polar surface area (TPSA) is 55.4 Å². The van der Waals surface area contributed by atoms with Crippen molar-refractivity contribution in [2.45, 2.75) is 141 Å². The van der Waals surface area contributed by atoms with Crippen LogP contribution in [-0.2, 0) is 28.4 Å². The molecule has 5 atom stereocenters. The van der Waals surface area contributed by atoms with Crippen LogP contribution in [0.5, 0.6) is 0 Å². The Morgan fingerprint density at radius 2 is 1.17 bits per heavy atom. The second-order valence-electron chi connectivity index (χ2n) is 9.96. The molecule has 3 aliphatic heterocycles. The lowest BCUT2D eigenvalue weighted by Gasteiger charge is -2.37. The number of hydrogen-bond acceptors (Lipinski definition) is 6. The van der Waals surface area contributed by atoms with Crippen molar-refractivity contribution in [3.8, 4) is 0 Å². The smallest absolute Gasteiger partial charge is 0.190 e. The molecule has 0 spiro atoms. The van der Waals surface area contributed by atoms with E-state index in [9.17, 15) is 0 Å². The summed E-state index contributed by atoms with van der Waals surface area (Å²) in [6, 6.07) is 0. The molecule has 0 aromatic rings. The molecule has 0 aromatic carbocycles. The highest BCUT2D eigenvalue weighted by molar-refractivity contribution is 5.00. The number of ether oxygens (including phenoxy) is 6. The van der Waals surface area contributed by atoms with Crippen LogP contribution in [0, 0.1) is 0 Å². The molecule has 0 aromatic heterocycles. The summed E-state index contributed by atoms with van der Waals surface area (Å²) in [5.41, 5.74) is 0. The predicted octanol–water partition coefficient (Wildman–Crippen LogP) is 5.32. The van der Waals surface area contributed by atoms with Crippen LogP contribution in [0.15, 0.2) is 0 Å². The Morgan fingerprint density at radius 1 is 0.633 bits per heavy atom. The van der Waals surface area contributed by atoms with E-state index >= 15 is 0 Å². The van der Waals surface area contributed by atoms with E-state index in [2.05, 4.69) is 6.92 Å². The first-order chi connectivity index (χ1) is 14.3. The van der Waals surface area contributed by atoms with Crippen molar-refractivity contribution in [1.82, 2.24) is 0 Å². The lowest BCUT2D eigenvalue weighted by atomic mass is 9.99. The van der Waals surface area contributed by atoms with Crippen molar-refractivity contribution in [3.05, 3.63) is 0 Å². The molecule has 3 saturated heterocycles. The van der Waals surface area contributed by atoms with Crippen molar-refractivity contribution in [2.75, 3.05) is 13.2 Å². The van der Waals surface area contributed by atoms with Gasteiger partial charge in [-0.05, 0) is 34.1 Å². The van der Waals surface area contributed by atoms with E-state index in [1.54, 1.807) is 0 Å². The van der Waals surface area contributed by atoms with Crippen molar-refractivity contribution in [2.24, 2.45) is 0 Å². The second kappa shape index (κ2) is 11.1. The summed E-state index contributed by atoms with van der Waals surface area (Å²) in [5, 5.41) is 0. The van der Waals surface area contributed by atoms with Crippen molar-refractivity contribution >= 4 is 0 Å². The number of unbranched alkanes of at least 4 members (excludes halogenated alkanes) is 9. The molecule has 3 rings (SSSR count). The largest absolute Gasteiger partial charge is 0.379 e. The summed E-state index contributed by atoms with van der Waals surface area (Å²) in [7, 11) is 0. The zero-order valence-corrected chi connectivity index (χ0v) is 19.8. The van der Waals surface area contributed by atoms with E-state index in [4.69, 9.17) is 28.4 Å². The highest BCUT2D eigenvalue weighted by Gasteiger charge is 2.60. The summed E-state index contributed by atoms with van der Waals surface area (Å²) in [6.07, 6.45) is 11.9. The zero-order valence-electron chi connectivity index (χ0n) is 19.8. The fourth-order valence-electron chi connectivity index (χ4n) is 4.72. The fourth-order valence-corrected chi connectivity index (χ4v) is 4.72. The molecule has 30 heavy (non-hydrogen) atoms. The molecule has 0 N–H and O–H groups in total. The Labute approximate surface area is 183 Å². The molecule has 0 unspecified atom stereocenters. The van der Waals surface area contributed by atoms with Gasteiger partial charge in [-0.25, -0.2) is 0 Å². The first-order valence-electron chi connectivity index (χ1n) is 12.3. The molecule has 0 saturated carbocycles. The highest BCUT2D eigenvalue weighted by Crippen LogP contribution is 2.44. The van der Waals surface area contributed by atoms with Crippen LogP contribution in [-0.4, -0.2) is 55.5 Å². The third-order valence-electron chi connectivity index (χ3n) is 6.18. The maximum Gasteiger partial charge on any atom is 0.190 e. The van der Waals surface area contributed by atoms with Crippen LogP contribution in [0.2, 0.25) is 0 Å². The lowest BCUT2D eigenvalue weighted by Crippen LogP contribution is -2.56. The Hall–Kier alpha value is -0.240. The van der Waals surface area contributed by atoms with Crippen LogP contribution in [0.1, 0.15) is 98.8 Å². The monoisotopic (exact) mass is 428 g/mol. The third-order valence-corrected chi connectivity index (χ3v) is 6.18. The average molecular weight is 429 g/mol. The minimum absolute atomic E-state index is 0.202. The summed E-state index contributed by atoms with van der Waals surface area (Å²) in [5.74, 6) is -1.33. The number of fused-ring (bicyclic) bond motifs is 3. The summed E-state index contributed by atoms with van der Waals surface area (Å²) in [4.78, 5) is 0. The van der Waals surface area contributed by atoms with Gasteiger partial charge in [0.2, 0.25) is 0 Å². The van der Waals surface area contributed by atoms with Gasteiger partial charge in [-0.3, -0.25) is 0 Å². The van der Waals surface area contributed by atoms with Gasteiger partial charge in [0, 0.05) is 6.61 Å². The van der Waals surface area contributed by atoms with Gasteiger partial charge in [-0.15, -0.1) is 0 Å². The number of rotatable bonds is 13. The molecule has 0 aliphatic carbocycles. The minimum atomic E-state index is -0.679. The maximum absolute atomic E-state index is 6.18. The number of hydrogen-bond donors (Lipinski definition) is 0. The van der Waals surface area contributed by atoms with Gasteiger partial charge in [0.1, 0.15) is 24.4 Å². The molecule has 176 valence electrons. The quantitative estimate of drug-likeness (QED) is 0.370. The Morgan fingerprint density at radius 3 is 1.83 bits per heavy atom. The molecule has 0 amide bonds. The van der Waals surface area contributed by atoms with Crippen LogP contribution in [0.3, 0.4) is 0 Å². The van der Waals surface area contributed by atoms with Gasteiger partial charge >= 0.3 is 0 Å². The Balaban J connectivity index is 1.31. The molecular weight excluding hydrogens is 384 g/mol. The Bertz CT molecular complexity index is 508. The van der Waals surface area contributed by atoms with Gasteiger partial charge in [0.15, 0.2) is 17.9 Å². The molecule has 3 fully saturated rings. The van der Waals surface area contributed by atoms with Gasteiger partial charge in [-0.2, -0.15) is 0 Å². The van der Waals surface area contributed by atoms with E-state index in [1.807, 2.05) is 27.7 Å². The van der Waals surface area contributed by atoms with Crippen LogP contribution in [0.4, 0.5) is 0 Å². The van der Waals surface area contributed by atoms with Crippen LogP contribution < -0.4 is 0 Å². The molecule has 0 radical (unpaired) electrons. The van der Waals surface area contributed by atoms with Crippen LogP contribution in [0.25, 0.3) is 0 Å². The van der Waals surface area contributed by atoms with E-state index in [1.165, 1.54) is 57.8 Å². The van der Waals surface area contributed by atoms with Crippen molar-refractivity contribution in [3.63, 3.8) is 0 Å². The molecule has 3 heterocycles. The minimum Gasteiger partial charge on any atom is -0.379 e. The normalized spacial score (nSPS) is 34.1. The third kappa shape index (κ3) is 6.88. The average Bonchev–Trinajstić information content (AvgIpc) is 3.16. The van der Waals surface area contributed by atoms with E-state index in [0.717, 1.165) is 13.0 Å². The summed E-state index contributed by atoms with van der Waals surface area (Å²) >= 11 is 0. The molecule has 6 heteroatoms. The first-order valence-corrected chi connectivity index (χ1v) is 12.3. The maximum atomic E-state index is 6.18. The van der Waals surface area contributed by atoms with E-state index in [-0.39, 0.29) is 24.4 Å². The van der Waals surface area contributed by atoms with Crippen molar-refractivity contribution in [1.29, 1.82) is 0 Å². The summed E-state index contributed by atoms with van der Waals surface area (Å²) in [6.45, 7) is 11.2. The zero-order chi connectivity index (χ0) is 21.6. The molecule has 6 nitrogen and oxygen atoms in total.